The van der Waals surface area contributed by atoms with Crippen LogP contribution in [0, 0.1) is 0 Å². The van der Waals surface area contributed by atoms with Crippen LogP contribution in [0.2, 0.25) is 0 Å². The smallest absolute Gasteiger partial charge is 0.155 e. The van der Waals surface area contributed by atoms with Gasteiger partial charge in [0.1, 0.15) is 11.2 Å². The molecule has 0 bridgehead atoms. The molecule has 0 saturated carbocycles. The summed E-state index contributed by atoms with van der Waals surface area (Å²) in [5, 5.41) is 9.37. The maximum absolute atomic E-state index is 6.72. The molecule has 0 N–H and O–H groups in total. The Kier molecular flexibility index (Phi) is 6.70. The van der Waals surface area contributed by atoms with Crippen molar-refractivity contribution in [1.82, 2.24) is 0 Å². The number of furan rings is 1. The van der Waals surface area contributed by atoms with Crippen LogP contribution in [0.1, 0.15) is 35.6 Å². The van der Waals surface area contributed by atoms with Crippen molar-refractivity contribution in [2.24, 2.45) is 9.98 Å². The highest BCUT2D eigenvalue weighted by atomic mass is 16.3. The Labute approximate surface area is 289 Å². The number of benzene rings is 8. The summed E-state index contributed by atoms with van der Waals surface area (Å²) in [4.78, 5) is 10.8. The average molecular weight is 641 g/mol. The van der Waals surface area contributed by atoms with Gasteiger partial charge in [0.05, 0.1) is 11.8 Å². The van der Waals surface area contributed by atoms with Gasteiger partial charge in [-0.25, -0.2) is 4.99 Å². The van der Waals surface area contributed by atoms with E-state index in [9.17, 15) is 0 Å². The van der Waals surface area contributed by atoms with E-state index in [1.165, 1.54) is 38.2 Å². The molecule has 3 nitrogen and oxygen atoms in total. The molecule has 3 heteroatoms. The molecule has 1 aliphatic heterocycles. The van der Waals surface area contributed by atoms with Gasteiger partial charge >= 0.3 is 0 Å². The van der Waals surface area contributed by atoms with Crippen LogP contribution >= 0.6 is 0 Å². The quantitative estimate of drug-likeness (QED) is 0.189. The Balaban J connectivity index is 1.08. The van der Waals surface area contributed by atoms with E-state index in [2.05, 4.69) is 158 Å². The molecule has 0 amide bonds. The van der Waals surface area contributed by atoms with Gasteiger partial charge in [0.25, 0.3) is 0 Å². The lowest BCUT2D eigenvalue weighted by molar-refractivity contribution is 0.674. The maximum Gasteiger partial charge on any atom is 0.155 e. The van der Waals surface area contributed by atoms with Crippen molar-refractivity contribution < 1.29 is 4.42 Å². The van der Waals surface area contributed by atoms with Crippen LogP contribution in [0.5, 0.6) is 0 Å². The van der Waals surface area contributed by atoms with Crippen molar-refractivity contribution in [3.63, 3.8) is 0 Å². The molecule has 0 saturated heterocycles. The van der Waals surface area contributed by atoms with Gasteiger partial charge in [0.2, 0.25) is 0 Å². The van der Waals surface area contributed by atoms with Gasteiger partial charge in [-0.2, -0.15) is 0 Å². The predicted molar refractivity (Wildman–Crippen MR) is 210 cm³/mol. The number of hydrogen-bond acceptors (Lipinski definition) is 3. The molecule has 0 fully saturated rings. The maximum atomic E-state index is 6.72. The zero-order valence-corrected chi connectivity index (χ0v) is 27.4. The van der Waals surface area contributed by atoms with E-state index in [-0.39, 0.29) is 6.04 Å². The van der Waals surface area contributed by atoms with E-state index in [4.69, 9.17) is 14.4 Å². The largest absolute Gasteiger partial charge is 0.455 e. The van der Waals surface area contributed by atoms with Crippen LogP contribution in [0.25, 0.3) is 65.4 Å². The first kappa shape index (κ1) is 28.7. The molecule has 1 atom stereocenters. The van der Waals surface area contributed by atoms with Crippen molar-refractivity contribution in [1.29, 1.82) is 0 Å². The number of amidine groups is 1. The molecular formula is C47H32N2O. The minimum Gasteiger partial charge on any atom is -0.455 e. The number of hydrogen-bond donors (Lipinski definition) is 0. The van der Waals surface area contributed by atoms with Crippen LogP contribution in [0.4, 0.5) is 0 Å². The SMILES string of the molecule is c1ccc(C2=NC(c3cc4c5ccc6ccccc6c5oc4c4ccccc34)CCC(c3ccc(-c4ccc5ccccc5c4)cc3)=N2)cc1. The molecule has 50 heavy (non-hydrogen) atoms. The molecule has 10 rings (SSSR count). The normalized spacial score (nSPS) is 15.1. The van der Waals surface area contributed by atoms with Crippen molar-refractivity contribution in [3.05, 3.63) is 180 Å². The first-order valence-electron chi connectivity index (χ1n) is 17.3. The minimum atomic E-state index is -0.0805. The second-order valence-corrected chi connectivity index (χ2v) is 13.2. The second kappa shape index (κ2) is 11.7. The fourth-order valence-corrected chi connectivity index (χ4v) is 7.71. The van der Waals surface area contributed by atoms with E-state index in [1.807, 2.05) is 6.07 Å². The van der Waals surface area contributed by atoms with Crippen LogP contribution in [0.3, 0.4) is 0 Å². The number of aliphatic imine (C=N–C) groups is 2. The minimum absolute atomic E-state index is 0.0805. The van der Waals surface area contributed by atoms with Gasteiger partial charge in [-0.05, 0) is 74.8 Å². The number of fused-ring (bicyclic) bond motifs is 8. The first-order chi connectivity index (χ1) is 24.8. The van der Waals surface area contributed by atoms with E-state index in [0.717, 1.165) is 68.2 Å². The lowest BCUT2D eigenvalue weighted by Crippen LogP contribution is -2.04. The highest BCUT2D eigenvalue weighted by Crippen LogP contribution is 2.42. The lowest BCUT2D eigenvalue weighted by Gasteiger charge is -2.16. The fraction of sp³-hybridized carbons (Fsp3) is 0.0638. The third-order valence-electron chi connectivity index (χ3n) is 10.3. The molecule has 1 unspecified atom stereocenters. The number of rotatable bonds is 4. The van der Waals surface area contributed by atoms with E-state index in [1.54, 1.807) is 0 Å². The molecule has 0 radical (unpaired) electrons. The Hall–Kier alpha value is -6.32. The summed E-state index contributed by atoms with van der Waals surface area (Å²) in [6, 6.07) is 58.2. The van der Waals surface area contributed by atoms with Crippen molar-refractivity contribution in [2.45, 2.75) is 18.9 Å². The van der Waals surface area contributed by atoms with Gasteiger partial charge < -0.3 is 4.42 Å². The predicted octanol–water partition coefficient (Wildman–Crippen LogP) is 12.5. The van der Waals surface area contributed by atoms with E-state index in [0.29, 0.717) is 0 Å². The van der Waals surface area contributed by atoms with Crippen LogP contribution in [-0.4, -0.2) is 11.5 Å². The Morgan fingerprint density at radius 3 is 1.90 bits per heavy atom. The molecule has 8 aromatic carbocycles. The summed E-state index contributed by atoms with van der Waals surface area (Å²) < 4.78 is 6.72. The molecular weight excluding hydrogens is 609 g/mol. The molecule has 1 aliphatic rings. The van der Waals surface area contributed by atoms with Gasteiger partial charge in [0.15, 0.2) is 5.84 Å². The van der Waals surface area contributed by atoms with Gasteiger partial charge in [-0.1, -0.05) is 146 Å². The molecule has 0 aliphatic carbocycles. The summed E-state index contributed by atoms with van der Waals surface area (Å²) in [5.74, 6) is 0.772. The van der Waals surface area contributed by atoms with E-state index >= 15 is 0 Å². The van der Waals surface area contributed by atoms with Gasteiger partial charge in [-0.15, -0.1) is 0 Å². The zero-order chi connectivity index (χ0) is 33.0. The molecule has 1 aromatic heterocycles. The van der Waals surface area contributed by atoms with Gasteiger partial charge in [-0.3, -0.25) is 4.99 Å². The summed E-state index contributed by atoms with van der Waals surface area (Å²) in [7, 11) is 0. The van der Waals surface area contributed by atoms with Crippen molar-refractivity contribution in [3.8, 4) is 11.1 Å². The van der Waals surface area contributed by atoms with Crippen LogP contribution in [0.15, 0.2) is 178 Å². The van der Waals surface area contributed by atoms with Gasteiger partial charge in [0, 0.05) is 27.1 Å². The molecule has 236 valence electrons. The third kappa shape index (κ3) is 4.82. The Morgan fingerprint density at radius 1 is 0.440 bits per heavy atom. The molecule has 9 aromatic rings. The Bertz CT molecular complexity index is 2810. The van der Waals surface area contributed by atoms with Crippen LogP contribution < -0.4 is 0 Å². The van der Waals surface area contributed by atoms with Crippen LogP contribution in [-0.2, 0) is 0 Å². The topological polar surface area (TPSA) is 37.9 Å². The monoisotopic (exact) mass is 640 g/mol. The molecule has 2 heterocycles. The highest BCUT2D eigenvalue weighted by molar-refractivity contribution is 6.21. The third-order valence-corrected chi connectivity index (χ3v) is 10.3. The average Bonchev–Trinajstić information content (AvgIpc) is 3.43. The summed E-state index contributed by atoms with van der Waals surface area (Å²) in [5.41, 5.74) is 8.70. The lowest BCUT2D eigenvalue weighted by atomic mass is 9.92. The summed E-state index contributed by atoms with van der Waals surface area (Å²) in [6.07, 6.45) is 1.65. The van der Waals surface area contributed by atoms with Crippen molar-refractivity contribution >= 4 is 65.8 Å². The molecule has 0 spiro atoms. The van der Waals surface area contributed by atoms with E-state index < -0.39 is 0 Å². The summed E-state index contributed by atoms with van der Waals surface area (Å²) >= 11 is 0. The second-order valence-electron chi connectivity index (χ2n) is 13.2. The Morgan fingerprint density at radius 2 is 1.06 bits per heavy atom. The number of nitrogens with zero attached hydrogens (tertiary/aromatic N) is 2. The standard InChI is InChI=1S/C47H32N2O/c1-2-12-34(13-3-1)47-48-43(33-21-18-31(19-22-33)36-23-20-30-10-4-5-14-35(30)28-36)26-27-44(49-47)41-29-42-40-25-24-32-11-6-7-15-37(32)45(40)50-46(42)39-17-9-8-16-38(39)41/h1-25,28-29,44H,26-27H2. The zero-order valence-electron chi connectivity index (χ0n) is 27.4. The fourth-order valence-electron chi connectivity index (χ4n) is 7.71. The summed E-state index contributed by atoms with van der Waals surface area (Å²) in [6.45, 7) is 0. The highest BCUT2D eigenvalue weighted by Gasteiger charge is 2.24. The van der Waals surface area contributed by atoms with Crippen molar-refractivity contribution in [2.75, 3.05) is 0 Å². The first-order valence-corrected chi connectivity index (χ1v) is 17.3.